The maximum Gasteiger partial charge on any atom is 0.319 e. The molecule has 0 heterocycles. The van der Waals surface area contributed by atoms with Crippen molar-refractivity contribution >= 4 is 11.7 Å². The van der Waals surface area contributed by atoms with Gasteiger partial charge in [0.2, 0.25) is 0 Å². The third-order valence-corrected chi connectivity index (χ3v) is 4.23. The molecule has 128 valence electrons. The summed E-state index contributed by atoms with van der Waals surface area (Å²) in [6, 6.07) is 18.0. The number of amides is 2. The van der Waals surface area contributed by atoms with Gasteiger partial charge in [0, 0.05) is 17.6 Å². The first kappa shape index (κ1) is 18.1. The molecule has 2 aromatic carbocycles. The van der Waals surface area contributed by atoms with Crippen LogP contribution in [0.4, 0.5) is 10.5 Å². The summed E-state index contributed by atoms with van der Waals surface area (Å²) in [6.07, 6.45) is 0. The largest absolute Gasteiger partial charge is 0.337 e. The Morgan fingerprint density at radius 3 is 2.08 bits per heavy atom. The van der Waals surface area contributed by atoms with E-state index in [0.717, 1.165) is 11.3 Å². The van der Waals surface area contributed by atoms with Crippen molar-refractivity contribution in [1.82, 2.24) is 5.32 Å². The molecule has 0 radical (unpaired) electrons. The minimum absolute atomic E-state index is 0.0207. The highest BCUT2D eigenvalue weighted by molar-refractivity contribution is 5.90. The van der Waals surface area contributed by atoms with Crippen molar-refractivity contribution in [2.24, 2.45) is 0 Å². The standard InChI is InChI=1S/C21H28N2O/c1-20(2,3)17-13-9-10-14-18(17)23-19(24)22-15-21(4,5)16-11-7-6-8-12-16/h6-14H,15H2,1-5H3,(H2,22,23,24). The van der Waals surface area contributed by atoms with E-state index >= 15 is 0 Å². The molecule has 0 spiro atoms. The molecule has 3 heteroatoms. The van der Waals surface area contributed by atoms with Crippen LogP contribution >= 0.6 is 0 Å². The molecule has 2 amide bonds. The fraction of sp³-hybridized carbons (Fsp3) is 0.381. The van der Waals surface area contributed by atoms with Crippen LogP contribution in [-0.4, -0.2) is 12.6 Å². The predicted octanol–water partition coefficient (Wildman–Crippen LogP) is 5.08. The van der Waals surface area contributed by atoms with E-state index < -0.39 is 0 Å². The highest BCUT2D eigenvalue weighted by Crippen LogP contribution is 2.29. The Hall–Kier alpha value is -2.29. The lowest BCUT2D eigenvalue weighted by atomic mass is 9.84. The van der Waals surface area contributed by atoms with Crippen molar-refractivity contribution in [1.29, 1.82) is 0 Å². The van der Waals surface area contributed by atoms with E-state index in [1.165, 1.54) is 5.56 Å². The molecular weight excluding hydrogens is 296 g/mol. The molecule has 0 saturated heterocycles. The molecule has 0 aliphatic rings. The van der Waals surface area contributed by atoms with Crippen molar-refractivity contribution in [3.63, 3.8) is 0 Å². The van der Waals surface area contributed by atoms with Gasteiger partial charge in [-0.3, -0.25) is 0 Å². The Kier molecular flexibility index (Phi) is 5.33. The summed E-state index contributed by atoms with van der Waals surface area (Å²) >= 11 is 0. The van der Waals surface area contributed by atoms with Crippen LogP contribution in [-0.2, 0) is 10.8 Å². The number of para-hydroxylation sites is 1. The van der Waals surface area contributed by atoms with Crippen molar-refractivity contribution in [2.45, 2.75) is 45.4 Å². The highest BCUT2D eigenvalue weighted by Gasteiger charge is 2.22. The summed E-state index contributed by atoms with van der Waals surface area (Å²) in [5.41, 5.74) is 3.05. The summed E-state index contributed by atoms with van der Waals surface area (Å²) in [5.74, 6) is 0. The first-order chi connectivity index (χ1) is 11.2. The number of benzene rings is 2. The van der Waals surface area contributed by atoms with Gasteiger partial charge < -0.3 is 10.6 Å². The summed E-state index contributed by atoms with van der Waals surface area (Å²) < 4.78 is 0. The van der Waals surface area contributed by atoms with Crippen LogP contribution in [0.15, 0.2) is 54.6 Å². The molecule has 0 bridgehead atoms. The first-order valence-corrected chi connectivity index (χ1v) is 8.40. The lowest BCUT2D eigenvalue weighted by molar-refractivity contribution is 0.249. The van der Waals surface area contributed by atoms with Gasteiger partial charge in [-0.2, -0.15) is 0 Å². The van der Waals surface area contributed by atoms with E-state index in [0.29, 0.717) is 6.54 Å². The van der Waals surface area contributed by atoms with Crippen molar-refractivity contribution < 1.29 is 4.79 Å². The van der Waals surface area contributed by atoms with Crippen LogP contribution in [0.5, 0.6) is 0 Å². The number of carbonyl (C=O) groups is 1. The molecule has 0 atom stereocenters. The van der Waals surface area contributed by atoms with Gasteiger partial charge in [0.1, 0.15) is 0 Å². The lowest BCUT2D eigenvalue weighted by Gasteiger charge is -2.26. The molecule has 0 unspecified atom stereocenters. The second-order valence-corrected chi connectivity index (χ2v) is 7.85. The van der Waals surface area contributed by atoms with Gasteiger partial charge >= 0.3 is 6.03 Å². The van der Waals surface area contributed by atoms with Gasteiger partial charge in [-0.05, 0) is 22.6 Å². The third kappa shape index (κ3) is 4.60. The third-order valence-electron chi connectivity index (χ3n) is 4.23. The Labute approximate surface area is 145 Å². The van der Waals surface area contributed by atoms with E-state index in [4.69, 9.17) is 0 Å². The van der Waals surface area contributed by atoms with Gasteiger partial charge in [0.05, 0.1) is 0 Å². The van der Waals surface area contributed by atoms with Gasteiger partial charge in [-0.1, -0.05) is 83.1 Å². The predicted molar refractivity (Wildman–Crippen MR) is 102 cm³/mol. The second kappa shape index (κ2) is 7.08. The Morgan fingerprint density at radius 2 is 1.46 bits per heavy atom. The zero-order chi connectivity index (χ0) is 17.8. The molecular formula is C21H28N2O. The van der Waals surface area contributed by atoms with E-state index in [9.17, 15) is 4.79 Å². The zero-order valence-corrected chi connectivity index (χ0v) is 15.3. The number of urea groups is 1. The van der Waals surface area contributed by atoms with Crippen molar-refractivity contribution in [2.75, 3.05) is 11.9 Å². The molecule has 0 aliphatic heterocycles. The van der Waals surface area contributed by atoms with Crippen LogP contribution in [0.1, 0.15) is 45.7 Å². The summed E-state index contributed by atoms with van der Waals surface area (Å²) in [5, 5.41) is 5.99. The monoisotopic (exact) mass is 324 g/mol. The van der Waals surface area contributed by atoms with Gasteiger partial charge in [-0.15, -0.1) is 0 Å². The number of anilines is 1. The average molecular weight is 324 g/mol. The lowest BCUT2D eigenvalue weighted by Crippen LogP contribution is -2.39. The average Bonchev–Trinajstić information content (AvgIpc) is 2.53. The van der Waals surface area contributed by atoms with Crippen molar-refractivity contribution in [3.8, 4) is 0 Å². The van der Waals surface area contributed by atoms with Crippen LogP contribution in [0.2, 0.25) is 0 Å². The number of rotatable bonds is 4. The number of nitrogens with one attached hydrogen (secondary N) is 2. The minimum Gasteiger partial charge on any atom is -0.337 e. The van der Waals surface area contributed by atoms with Gasteiger partial charge in [-0.25, -0.2) is 4.79 Å². The minimum atomic E-state index is -0.171. The molecule has 0 saturated carbocycles. The molecule has 24 heavy (non-hydrogen) atoms. The maximum atomic E-state index is 12.3. The first-order valence-electron chi connectivity index (χ1n) is 8.40. The van der Waals surface area contributed by atoms with Gasteiger partial charge in [0.25, 0.3) is 0 Å². The van der Waals surface area contributed by atoms with E-state index in [1.807, 2.05) is 36.4 Å². The highest BCUT2D eigenvalue weighted by atomic mass is 16.2. The Morgan fingerprint density at radius 1 is 0.875 bits per heavy atom. The molecule has 2 N–H and O–H groups in total. The fourth-order valence-corrected chi connectivity index (χ4v) is 2.71. The van der Waals surface area contributed by atoms with Crippen LogP contribution in [0.25, 0.3) is 0 Å². The Bertz CT molecular complexity index is 684. The number of hydrogen-bond donors (Lipinski definition) is 2. The van der Waals surface area contributed by atoms with E-state index in [1.54, 1.807) is 0 Å². The number of carbonyl (C=O) groups excluding carboxylic acids is 1. The molecule has 2 aromatic rings. The topological polar surface area (TPSA) is 41.1 Å². The SMILES string of the molecule is CC(C)(C)c1ccccc1NC(=O)NCC(C)(C)c1ccccc1. The molecule has 0 fully saturated rings. The molecule has 3 nitrogen and oxygen atoms in total. The maximum absolute atomic E-state index is 12.3. The van der Waals surface area contributed by atoms with E-state index in [-0.39, 0.29) is 16.9 Å². The van der Waals surface area contributed by atoms with Crippen LogP contribution in [0.3, 0.4) is 0 Å². The quantitative estimate of drug-likeness (QED) is 0.808. The molecule has 0 aliphatic carbocycles. The molecule has 0 aromatic heterocycles. The zero-order valence-electron chi connectivity index (χ0n) is 15.3. The Balaban J connectivity index is 2.02. The fourth-order valence-electron chi connectivity index (χ4n) is 2.71. The van der Waals surface area contributed by atoms with Crippen LogP contribution in [0, 0.1) is 0 Å². The smallest absolute Gasteiger partial charge is 0.319 e. The van der Waals surface area contributed by atoms with Crippen molar-refractivity contribution in [3.05, 3.63) is 65.7 Å². The normalized spacial score (nSPS) is 11.9. The second-order valence-electron chi connectivity index (χ2n) is 7.85. The van der Waals surface area contributed by atoms with Gasteiger partial charge in [0.15, 0.2) is 0 Å². The van der Waals surface area contributed by atoms with Crippen LogP contribution < -0.4 is 10.6 Å². The summed E-state index contributed by atoms with van der Waals surface area (Å²) in [6.45, 7) is 11.3. The molecule has 2 rings (SSSR count). The number of hydrogen-bond acceptors (Lipinski definition) is 1. The summed E-state index contributed by atoms with van der Waals surface area (Å²) in [4.78, 5) is 12.3. The van der Waals surface area contributed by atoms with E-state index in [2.05, 4.69) is 63.5 Å². The summed E-state index contributed by atoms with van der Waals surface area (Å²) in [7, 11) is 0.